The van der Waals surface area contributed by atoms with E-state index >= 15 is 0 Å². The van der Waals surface area contributed by atoms with Gasteiger partial charge in [-0.1, -0.05) is 20.8 Å². The summed E-state index contributed by atoms with van der Waals surface area (Å²) < 4.78 is 5.16. The van der Waals surface area contributed by atoms with E-state index in [2.05, 4.69) is 20.8 Å². The normalized spacial score (nSPS) is 21.5. The minimum atomic E-state index is 0.0974. The number of ether oxygens (including phenoxy) is 1. The number of hydrogen-bond acceptors (Lipinski definition) is 3. The molecule has 0 aromatic heterocycles. The molecule has 0 aliphatic carbocycles. The van der Waals surface area contributed by atoms with Gasteiger partial charge in [-0.15, -0.1) is 0 Å². The minimum Gasteiger partial charge on any atom is -0.370 e. The molecule has 0 bridgehead atoms. The van der Waals surface area contributed by atoms with Crippen LogP contribution >= 0.6 is 0 Å². The number of nitrogens with zero attached hydrogens (tertiary/aromatic N) is 1. The van der Waals surface area contributed by atoms with Crippen LogP contribution in [0.5, 0.6) is 0 Å². The second-order valence-corrected chi connectivity index (χ2v) is 5.53. The van der Waals surface area contributed by atoms with Gasteiger partial charge in [0.25, 0.3) is 0 Å². The third kappa shape index (κ3) is 3.76. The van der Waals surface area contributed by atoms with Gasteiger partial charge in [0.15, 0.2) is 0 Å². The van der Waals surface area contributed by atoms with E-state index in [0.717, 1.165) is 19.5 Å². The number of likely N-dealkylation sites (tertiary alicyclic amines) is 1. The van der Waals surface area contributed by atoms with Crippen LogP contribution in [-0.4, -0.2) is 43.7 Å². The lowest BCUT2D eigenvalue weighted by atomic mass is 9.80. The summed E-state index contributed by atoms with van der Waals surface area (Å²) in [4.78, 5) is 13.7. The van der Waals surface area contributed by atoms with Crippen molar-refractivity contribution in [2.45, 2.75) is 27.2 Å². The summed E-state index contributed by atoms with van der Waals surface area (Å²) in [6.07, 6.45) is 1.10. The van der Waals surface area contributed by atoms with Crippen molar-refractivity contribution in [3.05, 3.63) is 0 Å². The van der Waals surface area contributed by atoms with Crippen molar-refractivity contribution < 1.29 is 9.53 Å². The zero-order valence-electron chi connectivity index (χ0n) is 10.7. The Morgan fingerprint density at radius 2 is 2.19 bits per heavy atom. The Morgan fingerprint density at radius 3 is 2.69 bits per heavy atom. The maximum absolute atomic E-state index is 11.8. The van der Waals surface area contributed by atoms with Crippen molar-refractivity contribution in [1.29, 1.82) is 0 Å². The number of nitrogens with two attached hydrogens (primary N) is 1. The molecule has 1 fully saturated rings. The predicted molar refractivity (Wildman–Crippen MR) is 64.0 cm³/mol. The maximum Gasteiger partial charge on any atom is 0.248 e. The summed E-state index contributed by atoms with van der Waals surface area (Å²) >= 11 is 0. The highest BCUT2D eigenvalue weighted by atomic mass is 16.5. The predicted octanol–water partition coefficient (Wildman–Crippen LogP) is 0.856. The molecule has 1 aliphatic rings. The summed E-state index contributed by atoms with van der Waals surface area (Å²) in [6.45, 7) is 9.54. The summed E-state index contributed by atoms with van der Waals surface area (Å²) in [5.41, 5.74) is 5.58. The minimum absolute atomic E-state index is 0.0974. The fraction of sp³-hybridized carbons (Fsp3) is 0.917. The van der Waals surface area contributed by atoms with Crippen LogP contribution in [0, 0.1) is 11.3 Å². The van der Waals surface area contributed by atoms with Crippen LogP contribution in [-0.2, 0) is 9.53 Å². The van der Waals surface area contributed by atoms with Crippen molar-refractivity contribution in [2.75, 3.05) is 32.8 Å². The van der Waals surface area contributed by atoms with Gasteiger partial charge >= 0.3 is 0 Å². The molecule has 16 heavy (non-hydrogen) atoms. The smallest absolute Gasteiger partial charge is 0.248 e. The second-order valence-electron chi connectivity index (χ2n) is 5.53. The molecule has 0 aromatic rings. The summed E-state index contributed by atoms with van der Waals surface area (Å²) in [7, 11) is 0. The number of carbonyl (C=O) groups excluding carboxylic acids is 1. The van der Waals surface area contributed by atoms with Gasteiger partial charge in [-0.05, 0) is 17.8 Å². The molecule has 0 aromatic carbocycles. The number of amides is 1. The standard InChI is InChI=1S/C12H24N2O2/c1-12(2,3)10-4-6-14(8-10)11(15)9-16-7-5-13/h10H,4-9,13H2,1-3H3. The molecule has 1 heterocycles. The first-order valence-electron chi connectivity index (χ1n) is 6.00. The van der Waals surface area contributed by atoms with Crippen molar-refractivity contribution >= 4 is 5.91 Å². The molecule has 1 saturated heterocycles. The highest BCUT2D eigenvalue weighted by molar-refractivity contribution is 5.77. The third-order valence-electron chi connectivity index (χ3n) is 3.25. The van der Waals surface area contributed by atoms with Gasteiger partial charge in [0, 0.05) is 19.6 Å². The van der Waals surface area contributed by atoms with E-state index in [0.29, 0.717) is 19.1 Å². The molecule has 0 saturated carbocycles. The van der Waals surface area contributed by atoms with Gasteiger partial charge < -0.3 is 15.4 Å². The molecule has 4 nitrogen and oxygen atoms in total. The van der Waals surface area contributed by atoms with E-state index in [-0.39, 0.29) is 17.9 Å². The first kappa shape index (κ1) is 13.5. The summed E-state index contributed by atoms with van der Waals surface area (Å²) in [5, 5.41) is 0. The quantitative estimate of drug-likeness (QED) is 0.726. The molecule has 0 spiro atoms. The SMILES string of the molecule is CC(C)(C)C1CCN(C(=O)COCCN)C1. The fourth-order valence-corrected chi connectivity index (χ4v) is 2.03. The zero-order valence-corrected chi connectivity index (χ0v) is 10.7. The topological polar surface area (TPSA) is 55.6 Å². The second kappa shape index (κ2) is 5.64. The van der Waals surface area contributed by atoms with Crippen LogP contribution in [0.4, 0.5) is 0 Å². The maximum atomic E-state index is 11.8. The average molecular weight is 228 g/mol. The molecule has 2 N–H and O–H groups in total. The molecule has 1 amide bonds. The number of hydrogen-bond donors (Lipinski definition) is 1. The molecular weight excluding hydrogens is 204 g/mol. The molecule has 1 aliphatic heterocycles. The fourth-order valence-electron chi connectivity index (χ4n) is 2.03. The molecule has 1 rings (SSSR count). The van der Waals surface area contributed by atoms with Crippen LogP contribution < -0.4 is 5.73 Å². The van der Waals surface area contributed by atoms with Gasteiger partial charge in [-0.2, -0.15) is 0 Å². The molecule has 4 heteroatoms. The van der Waals surface area contributed by atoms with Crippen LogP contribution in [0.2, 0.25) is 0 Å². The first-order valence-corrected chi connectivity index (χ1v) is 6.00. The van der Waals surface area contributed by atoms with E-state index in [9.17, 15) is 4.79 Å². The summed E-state index contributed by atoms with van der Waals surface area (Å²) in [6, 6.07) is 0. The largest absolute Gasteiger partial charge is 0.370 e. The van der Waals surface area contributed by atoms with Crippen molar-refractivity contribution in [3.63, 3.8) is 0 Å². The van der Waals surface area contributed by atoms with Gasteiger partial charge in [0.1, 0.15) is 6.61 Å². The molecule has 0 radical (unpaired) electrons. The van der Waals surface area contributed by atoms with E-state index in [1.165, 1.54) is 0 Å². The highest BCUT2D eigenvalue weighted by Gasteiger charge is 2.33. The van der Waals surface area contributed by atoms with Crippen LogP contribution in [0.25, 0.3) is 0 Å². The van der Waals surface area contributed by atoms with Crippen LogP contribution in [0.1, 0.15) is 27.2 Å². The van der Waals surface area contributed by atoms with Gasteiger partial charge in [0.05, 0.1) is 6.61 Å². The third-order valence-corrected chi connectivity index (χ3v) is 3.25. The van der Waals surface area contributed by atoms with E-state index in [4.69, 9.17) is 10.5 Å². The molecule has 1 unspecified atom stereocenters. The van der Waals surface area contributed by atoms with Gasteiger partial charge in [-0.3, -0.25) is 4.79 Å². The Balaban J connectivity index is 2.32. The average Bonchev–Trinajstić information content (AvgIpc) is 2.66. The van der Waals surface area contributed by atoms with E-state index < -0.39 is 0 Å². The monoisotopic (exact) mass is 228 g/mol. The van der Waals surface area contributed by atoms with Crippen molar-refractivity contribution in [1.82, 2.24) is 4.90 Å². The lowest BCUT2D eigenvalue weighted by Gasteiger charge is -2.26. The van der Waals surface area contributed by atoms with Crippen molar-refractivity contribution in [3.8, 4) is 0 Å². The lowest BCUT2D eigenvalue weighted by molar-refractivity contribution is -0.135. The van der Waals surface area contributed by atoms with E-state index in [1.54, 1.807) is 0 Å². The van der Waals surface area contributed by atoms with Gasteiger partial charge in [-0.25, -0.2) is 0 Å². The van der Waals surface area contributed by atoms with Crippen LogP contribution in [0.3, 0.4) is 0 Å². The molecular formula is C12H24N2O2. The first-order chi connectivity index (χ1) is 7.45. The number of rotatable bonds is 4. The Kier molecular flexibility index (Phi) is 4.74. The summed E-state index contributed by atoms with van der Waals surface area (Å²) in [5.74, 6) is 0.700. The molecule has 94 valence electrons. The zero-order chi connectivity index (χ0) is 12.2. The Hall–Kier alpha value is -0.610. The lowest BCUT2D eigenvalue weighted by Crippen LogP contribution is -2.34. The van der Waals surface area contributed by atoms with Gasteiger partial charge in [0.2, 0.25) is 5.91 Å². The van der Waals surface area contributed by atoms with E-state index in [1.807, 2.05) is 4.90 Å². The Bertz CT molecular complexity index is 236. The Labute approximate surface area is 98.1 Å². The molecule has 1 atom stereocenters. The highest BCUT2D eigenvalue weighted by Crippen LogP contribution is 2.33. The Morgan fingerprint density at radius 1 is 1.50 bits per heavy atom. The number of carbonyl (C=O) groups is 1. The van der Waals surface area contributed by atoms with Crippen molar-refractivity contribution in [2.24, 2.45) is 17.1 Å². The van der Waals surface area contributed by atoms with Crippen LogP contribution in [0.15, 0.2) is 0 Å².